The van der Waals surface area contributed by atoms with Crippen LogP contribution in [0, 0.1) is 0 Å². The maximum Gasteiger partial charge on any atom is 0.164 e. The van der Waals surface area contributed by atoms with Gasteiger partial charge in [-0.1, -0.05) is 30.3 Å². The van der Waals surface area contributed by atoms with Gasteiger partial charge in [0.15, 0.2) is 11.6 Å². The van der Waals surface area contributed by atoms with Crippen molar-refractivity contribution in [3.05, 3.63) is 90.1 Å². The molecule has 6 heteroatoms. The lowest BCUT2D eigenvalue weighted by Gasteiger charge is -2.09. The van der Waals surface area contributed by atoms with E-state index in [1.165, 1.54) is 0 Å². The third-order valence-electron chi connectivity index (χ3n) is 4.74. The average Bonchev–Trinajstić information content (AvgIpc) is 3.43. The Morgan fingerprint density at radius 1 is 1.00 bits per heavy atom. The van der Waals surface area contributed by atoms with E-state index in [-0.39, 0.29) is 5.78 Å². The number of benzene rings is 2. The highest BCUT2D eigenvalue weighted by atomic mass is 16.5. The number of methoxy groups -OCH3 is 1. The van der Waals surface area contributed by atoms with Crippen molar-refractivity contribution in [3.63, 3.8) is 0 Å². The summed E-state index contributed by atoms with van der Waals surface area (Å²) < 4.78 is 12.7. The number of ether oxygens (including phenoxy) is 1. The van der Waals surface area contributed by atoms with Crippen LogP contribution in [0.5, 0.6) is 5.75 Å². The summed E-state index contributed by atoms with van der Waals surface area (Å²) in [6, 6.07) is 20.8. The van der Waals surface area contributed by atoms with Gasteiger partial charge in [0.2, 0.25) is 0 Å². The number of rotatable bonds is 8. The van der Waals surface area contributed by atoms with Gasteiger partial charge in [0.25, 0.3) is 0 Å². The third-order valence-corrected chi connectivity index (χ3v) is 4.74. The lowest BCUT2D eigenvalue weighted by molar-refractivity contribution is 0.0982. The second-order valence-electron chi connectivity index (χ2n) is 6.62. The largest absolute Gasteiger partial charge is 0.497 e. The zero-order chi connectivity index (χ0) is 20.1. The van der Waals surface area contributed by atoms with Gasteiger partial charge in [-0.05, 0) is 36.4 Å². The molecule has 4 rings (SSSR count). The van der Waals surface area contributed by atoms with Crippen LogP contribution in [0.2, 0.25) is 0 Å². The summed E-state index contributed by atoms with van der Waals surface area (Å²) in [5.41, 5.74) is 1.63. The highest BCUT2D eigenvalue weighted by Gasteiger charge is 2.17. The minimum absolute atomic E-state index is 0.0569. The molecule has 0 aliphatic heterocycles. The predicted octanol–water partition coefficient (Wildman–Crippen LogP) is 4.41. The number of aromatic nitrogens is 3. The standard InChI is InChI=1S/C23H21N3O3/c1-28-19-11-9-17(10-12-19)21(27)13-14-22-24-25-23(18-6-3-2-4-7-18)26(22)16-20-8-5-15-29-20/h2-12,15H,13-14,16H2,1H3. The number of carbonyl (C=O) groups is 1. The normalized spacial score (nSPS) is 10.8. The number of nitrogens with zero attached hydrogens (tertiary/aromatic N) is 3. The van der Waals surface area contributed by atoms with Gasteiger partial charge in [-0.15, -0.1) is 10.2 Å². The van der Waals surface area contributed by atoms with Crippen LogP contribution in [0.3, 0.4) is 0 Å². The van der Waals surface area contributed by atoms with Gasteiger partial charge in [-0.3, -0.25) is 4.79 Å². The molecule has 4 aromatic rings. The van der Waals surface area contributed by atoms with E-state index in [1.807, 2.05) is 47.0 Å². The molecule has 0 atom stereocenters. The number of hydrogen-bond acceptors (Lipinski definition) is 5. The Kier molecular flexibility index (Phi) is 5.52. The quantitative estimate of drug-likeness (QED) is 0.419. The molecule has 0 saturated carbocycles. The van der Waals surface area contributed by atoms with E-state index in [4.69, 9.17) is 9.15 Å². The topological polar surface area (TPSA) is 70.2 Å². The lowest BCUT2D eigenvalue weighted by atomic mass is 10.1. The Hall–Kier alpha value is -3.67. The monoisotopic (exact) mass is 387 g/mol. The van der Waals surface area contributed by atoms with Gasteiger partial charge in [0, 0.05) is 24.0 Å². The van der Waals surface area contributed by atoms with Crippen LogP contribution in [0.15, 0.2) is 77.4 Å². The van der Waals surface area contributed by atoms with E-state index in [0.717, 1.165) is 28.7 Å². The van der Waals surface area contributed by atoms with Crippen LogP contribution >= 0.6 is 0 Å². The first-order valence-electron chi connectivity index (χ1n) is 9.42. The smallest absolute Gasteiger partial charge is 0.164 e. The van der Waals surface area contributed by atoms with Crippen LogP contribution in [-0.2, 0) is 13.0 Å². The molecule has 0 unspecified atom stereocenters. The van der Waals surface area contributed by atoms with Crippen LogP contribution in [0.25, 0.3) is 11.4 Å². The summed E-state index contributed by atoms with van der Waals surface area (Å²) in [6.45, 7) is 0.510. The van der Waals surface area contributed by atoms with E-state index in [1.54, 1.807) is 37.6 Å². The van der Waals surface area contributed by atoms with Gasteiger partial charge >= 0.3 is 0 Å². The summed E-state index contributed by atoms with van der Waals surface area (Å²) >= 11 is 0. The van der Waals surface area contributed by atoms with Crippen molar-refractivity contribution in [3.8, 4) is 17.1 Å². The average molecular weight is 387 g/mol. The van der Waals surface area contributed by atoms with Crippen molar-refractivity contribution in [2.75, 3.05) is 7.11 Å². The van der Waals surface area contributed by atoms with Gasteiger partial charge in [-0.25, -0.2) is 0 Å². The summed E-state index contributed by atoms with van der Waals surface area (Å²) in [6.07, 6.45) is 2.48. The molecule has 0 radical (unpaired) electrons. The molecule has 0 bridgehead atoms. The van der Waals surface area contributed by atoms with E-state index >= 15 is 0 Å². The second kappa shape index (κ2) is 8.56. The minimum atomic E-state index is 0.0569. The molecule has 0 aliphatic rings. The van der Waals surface area contributed by atoms with Crippen molar-refractivity contribution in [2.45, 2.75) is 19.4 Å². The Morgan fingerprint density at radius 3 is 2.48 bits per heavy atom. The summed E-state index contributed by atoms with van der Waals surface area (Å²) in [7, 11) is 1.60. The first-order chi connectivity index (χ1) is 14.2. The van der Waals surface area contributed by atoms with Gasteiger partial charge < -0.3 is 13.7 Å². The molecule has 0 fully saturated rings. The Balaban J connectivity index is 1.56. The molecule has 2 aromatic heterocycles. The highest BCUT2D eigenvalue weighted by Crippen LogP contribution is 2.21. The molecule has 0 amide bonds. The van der Waals surface area contributed by atoms with Crippen molar-refractivity contribution in [1.82, 2.24) is 14.8 Å². The number of Topliss-reactive ketones (excluding diaryl/α,β-unsaturated/α-hetero) is 1. The van der Waals surface area contributed by atoms with E-state index in [0.29, 0.717) is 24.9 Å². The minimum Gasteiger partial charge on any atom is -0.497 e. The van der Waals surface area contributed by atoms with E-state index in [9.17, 15) is 4.79 Å². The van der Waals surface area contributed by atoms with Crippen LogP contribution in [0.4, 0.5) is 0 Å². The number of ketones is 1. The van der Waals surface area contributed by atoms with Gasteiger partial charge in [-0.2, -0.15) is 0 Å². The van der Waals surface area contributed by atoms with Crippen molar-refractivity contribution >= 4 is 5.78 Å². The van der Waals surface area contributed by atoms with E-state index in [2.05, 4.69) is 10.2 Å². The third kappa shape index (κ3) is 4.27. The molecule has 0 N–H and O–H groups in total. The summed E-state index contributed by atoms with van der Waals surface area (Å²) in [4.78, 5) is 12.6. The van der Waals surface area contributed by atoms with Gasteiger partial charge in [0.1, 0.15) is 17.3 Å². The fourth-order valence-electron chi connectivity index (χ4n) is 3.19. The molecule has 146 valence electrons. The maximum atomic E-state index is 12.6. The van der Waals surface area contributed by atoms with Crippen molar-refractivity contribution < 1.29 is 13.9 Å². The summed E-state index contributed by atoms with van der Waals surface area (Å²) in [5, 5.41) is 8.75. The van der Waals surface area contributed by atoms with Crippen molar-refractivity contribution in [1.29, 1.82) is 0 Å². The fourth-order valence-corrected chi connectivity index (χ4v) is 3.19. The molecule has 6 nitrogen and oxygen atoms in total. The number of aryl methyl sites for hydroxylation is 1. The van der Waals surface area contributed by atoms with Crippen LogP contribution in [0.1, 0.15) is 28.4 Å². The molecule has 0 spiro atoms. The Bertz CT molecular complexity index is 1070. The summed E-state index contributed by atoms with van der Waals surface area (Å²) in [5.74, 6) is 3.11. The molecule has 2 aromatic carbocycles. The maximum absolute atomic E-state index is 12.6. The molecule has 29 heavy (non-hydrogen) atoms. The molecule has 0 aliphatic carbocycles. The fraction of sp³-hybridized carbons (Fsp3) is 0.174. The second-order valence-corrected chi connectivity index (χ2v) is 6.62. The zero-order valence-electron chi connectivity index (χ0n) is 16.1. The van der Waals surface area contributed by atoms with Crippen molar-refractivity contribution in [2.24, 2.45) is 0 Å². The zero-order valence-corrected chi connectivity index (χ0v) is 16.1. The SMILES string of the molecule is COc1ccc(C(=O)CCc2nnc(-c3ccccc3)n2Cc2ccco2)cc1. The predicted molar refractivity (Wildman–Crippen MR) is 109 cm³/mol. The number of carbonyl (C=O) groups excluding carboxylic acids is 1. The van der Waals surface area contributed by atoms with Crippen LogP contribution < -0.4 is 4.74 Å². The Labute approximate surface area is 168 Å². The highest BCUT2D eigenvalue weighted by molar-refractivity contribution is 5.96. The molecular formula is C23H21N3O3. The van der Waals surface area contributed by atoms with Crippen LogP contribution in [-0.4, -0.2) is 27.7 Å². The number of hydrogen-bond donors (Lipinski definition) is 0. The molecule has 0 saturated heterocycles. The first-order valence-corrected chi connectivity index (χ1v) is 9.42. The van der Waals surface area contributed by atoms with Gasteiger partial charge in [0.05, 0.1) is 19.9 Å². The number of furan rings is 1. The lowest BCUT2D eigenvalue weighted by Crippen LogP contribution is -2.09. The first kappa shape index (κ1) is 18.7. The molecular weight excluding hydrogens is 366 g/mol. The van der Waals surface area contributed by atoms with E-state index < -0.39 is 0 Å². The molecule has 2 heterocycles. The Morgan fingerprint density at radius 2 is 1.79 bits per heavy atom.